The van der Waals surface area contributed by atoms with Gasteiger partial charge in [0.1, 0.15) is 11.3 Å². The van der Waals surface area contributed by atoms with Crippen molar-refractivity contribution < 1.29 is 0 Å². The molecule has 0 amide bonds. The van der Waals surface area contributed by atoms with Gasteiger partial charge in [0.25, 0.3) is 0 Å². The van der Waals surface area contributed by atoms with Gasteiger partial charge in [-0.1, -0.05) is 0 Å². The van der Waals surface area contributed by atoms with Crippen molar-refractivity contribution in [2.45, 2.75) is 11.3 Å². The van der Waals surface area contributed by atoms with E-state index in [1.54, 1.807) is 0 Å². The minimum absolute atomic E-state index is 0.00231. The van der Waals surface area contributed by atoms with Crippen LogP contribution in [0.5, 0.6) is 0 Å². The number of nitrogens with two attached hydrogens (primary N) is 7. The van der Waals surface area contributed by atoms with Gasteiger partial charge in [0.05, 0.1) is 11.4 Å². The zero-order valence-corrected chi connectivity index (χ0v) is 7.12. The Hall–Kier alpha value is -1.28. The van der Waals surface area contributed by atoms with Gasteiger partial charge in [0, 0.05) is 5.70 Å². The Morgan fingerprint density at radius 2 is 1.31 bits per heavy atom. The van der Waals surface area contributed by atoms with Crippen LogP contribution >= 0.6 is 0 Å². The number of hydrogen-bond acceptors (Lipinski definition) is 7. The Labute approximate surface area is 75.6 Å². The highest BCUT2D eigenvalue weighted by molar-refractivity contribution is 5.44. The lowest BCUT2D eigenvalue weighted by atomic mass is 9.89. The van der Waals surface area contributed by atoms with E-state index in [4.69, 9.17) is 40.1 Å². The first kappa shape index (κ1) is 9.81. The minimum Gasteiger partial charge on any atom is -0.399 e. The maximum atomic E-state index is 5.59. The minimum atomic E-state index is -1.47. The van der Waals surface area contributed by atoms with Crippen LogP contribution in [0.1, 0.15) is 0 Å². The molecule has 0 saturated heterocycles. The van der Waals surface area contributed by atoms with Gasteiger partial charge in [-0.25, -0.2) is 0 Å². The van der Waals surface area contributed by atoms with E-state index in [0.717, 1.165) is 0 Å². The molecule has 1 aliphatic carbocycles. The lowest BCUT2D eigenvalue weighted by Crippen LogP contribution is -2.66. The van der Waals surface area contributed by atoms with Crippen molar-refractivity contribution in [3.05, 3.63) is 23.2 Å². The largest absolute Gasteiger partial charge is 0.399 e. The van der Waals surface area contributed by atoms with Crippen LogP contribution in [0.3, 0.4) is 0 Å². The van der Waals surface area contributed by atoms with Gasteiger partial charge < -0.3 is 40.1 Å². The van der Waals surface area contributed by atoms with Crippen LogP contribution < -0.4 is 40.1 Å². The highest BCUT2D eigenvalue weighted by atomic mass is 15.1. The molecule has 0 aromatic carbocycles. The molecule has 1 rings (SSSR count). The molecule has 0 radical (unpaired) electrons. The van der Waals surface area contributed by atoms with Crippen molar-refractivity contribution in [3.8, 4) is 0 Å². The average Bonchev–Trinajstić information content (AvgIpc) is 1.98. The van der Waals surface area contributed by atoms with Crippen molar-refractivity contribution in [1.29, 1.82) is 0 Å². The Morgan fingerprint density at radius 1 is 0.846 bits per heavy atom. The second-order valence-electron chi connectivity index (χ2n) is 3.23. The molecule has 74 valence electrons. The quantitative estimate of drug-likeness (QED) is 0.189. The van der Waals surface area contributed by atoms with E-state index in [9.17, 15) is 0 Å². The summed E-state index contributed by atoms with van der Waals surface area (Å²) in [4.78, 5) is 0. The van der Waals surface area contributed by atoms with Crippen LogP contribution in [-0.2, 0) is 0 Å². The molecule has 0 bridgehead atoms. The summed E-state index contributed by atoms with van der Waals surface area (Å²) >= 11 is 0. The Kier molecular flexibility index (Phi) is 1.78. The van der Waals surface area contributed by atoms with Crippen molar-refractivity contribution in [2.75, 3.05) is 0 Å². The lowest BCUT2D eigenvalue weighted by Gasteiger charge is -2.36. The molecular weight excluding hydrogens is 170 g/mol. The summed E-state index contributed by atoms with van der Waals surface area (Å²) in [6.45, 7) is 0. The van der Waals surface area contributed by atoms with E-state index in [1.165, 1.54) is 6.08 Å². The molecule has 0 heterocycles. The van der Waals surface area contributed by atoms with Gasteiger partial charge in [-0.2, -0.15) is 0 Å². The fourth-order valence-electron chi connectivity index (χ4n) is 1.07. The van der Waals surface area contributed by atoms with Crippen molar-refractivity contribution in [2.24, 2.45) is 40.1 Å². The first-order valence-corrected chi connectivity index (χ1v) is 3.60. The lowest BCUT2D eigenvalue weighted by molar-refractivity contribution is 0.508. The molecule has 0 aliphatic heterocycles. The molecule has 0 aromatic heterocycles. The van der Waals surface area contributed by atoms with Crippen LogP contribution in [0.15, 0.2) is 23.2 Å². The number of rotatable bonds is 0. The third kappa shape index (κ3) is 1.23. The van der Waals surface area contributed by atoms with Gasteiger partial charge in [-0.05, 0) is 6.08 Å². The topological polar surface area (TPSA) is 182 Å². The van der Waals surface area contributed by atoms with Crippen molar-refractivity contribution in [3.63, 3.8) is 0 Å². The molecule has 7 heteroatoms. The van der Waals surface area contributed by atoms with Crippen LogP contribution in [0.25, 0.3) is 0 Å². The Bertz CT molecular complexity index is 298. The van der Waals surface area contributed by atoms with Crippen molar-refractivity contribution >= 4 is 0 Å². The molecule has 0 spiro atoms. The fraction of sp³-hybridized carbons (Fsp3) is 0.333. The van der Waals surface area contributed by atoms with Gasteiger partial charge in [-0.15, -0.1) is 0 Å². The highest BCUT2D eigenvalue weighted by Crippen LogP contribution is 2.22. The first-order chi connectivity index (χ1) is 5.69. The molecule has 0 aromatic rings. The van der Waals surface area contributed by atoms with Crippen molar-refractivity contribution in [1.82, 2.24) is 0 Å². The SMILES string of the molecule is NC1=CC(N)(N)C(N)=C(N)C1(N)N. The van der Waals surface area contributed by atoms with Gasteiger partial charge >= 0.3 is 0 Å². The normalized spacial score (nSPS) is 25.7. The van der Waals surface area contributed by atoms with Gasteiger partial charge in [0.2, 0.25) is 0 Å². The average molecular weight is 185 g/mol. The van der Waals surface area contributed by atoms with Gasteiger partial charge in [-0.3, -0.25) is 0 Å². The standard InChI is InChI=1S/C6H15N7/c7-2-1-5(10,11)3(8)4(9)6(2,12)13/h1H,7-13H2. The van der Waals surface area contributed by atoms with Crippen LogP contribution in [0, 0.1) is 0 Å². The maximum absolute atomic E-state index is 5.59. The number of hydrogen-bond donors (Lipinski definition) is 7. The van der Waals surface area contributed by atoms with Crippen LogP contribution in [0.4, 0.5) is 0 Å². The monoisotopic (exact) mass is 185 g/mol. The van der Waals surface area contributed by atoms with Crippen LogP contribution in [0.2, 0.25) is 0 Å². The molecule has 1 aliphatic rings. The maximum Gasteiger partial charge on any atom is 0.147 e. The zero-order chi connectivity index (χ0) is 10.4. The van der Waals surface area contributed by atoms with E-state index >= 15 is 0 Å². The van der Waals surface area contributed by atoms with Crippen LogP contribution in [-0.4, -0.2) is 11.3 Å². The predicted molar refractivity (Wildman–Crippen MR) is 49.9 cm³/mol. The summed E-state index contributed by atoms with van der Waals surface area (Å²) in [5.41, 5.74) is 36.2. The third-order valence-electron chi connectivity index (χ3n) is 2.07. The van der Waals surface area contributed by atoms with E-state index in [1.807, 2.05) is 0 Å². The van der Waals surface area contributed by atoms with E-state index in [-0.39, 0.29) is 17.1 Å². The molecule has 0 saturated carbocycles. The molecule has 0 atom stereocenters. The first-order valence-electron chi connectivity index (χ1n) is 3.60. The summed E-state index contributed by atoms with van der Waals surface area (Å²) in [7, 11) is 0. The molecule has 7 nitrogen and oxygen atoms in total. The predicted octanol–water partition coefficient (Wildman–Crippen LogP) is -3.80. The molecule has 0 fully saturated rings. The fourth-order valence-corrected chi connectivity index (χ4v) is 1.07. The summed E-state index contributed by atoms with van der Waals surface area (Å²) in [6.07, 6.45) is 1.29. The Morgan fingerprint density at radius 3 is 1.77 bits per heavy atom. The smallest absolute Gasteiger partial charge is 0.147 e. The zero-order valence-electron chi connectivity index (χ0n) is 7.12. The second kappa shape index (κ2) is 2.36. The van der Waals surface area contributed by atoms with Gasteiger partial charge in [0.15, 0.2) is 0 Å². The molecular formula is C6H15N7. The van der Waals surface area contributed by atoms with E-state index in [2.05, 4.69) is 0 Å². The van der Waals surface area contributed by atoms with E-state index in [0.29, 0.717) is 0 Å². The summed E-state index contributed by atoms with van der Waals surface area (Å²) in [6, 6.07) is 0. The summed E-state index contributed by atoms with van der Waals surface area (Å²) in [5.74, 6) is 0. The van der Waals surface area contributed by atoms with E-state index < -0.39 is 11.3 Å². The summed E-state index contributed by atoms with van der Waals surface area (Å²) < 4.78 is 0. The Balaban J connectivity index is 3.30. The molecule has 0 unspecified atom stereocenters. The molecule has 14 N–H and O–H groups in total. The molecule has 13 heavy (non-hydrogen) atoms. The second-order valence-corrected chi connectivity index (χ2v) is 3.23. The third-order valence-corrected chi connectivity index (χ3v) is 2.07. The highest BCUT2D eigenvalue weighted by Gasteiger charge is 2.39. The summed E-state index contributed by atoms with van der Waals surface area (Å²) in [5, 5.41) is 0.